The summed E-state index contributed by atoms with van der Waals surface area (Å²) in [5, 5.41) is 0. The molecule has 0 saturated carbocycles. The van der Waals surface area contributed by atoms with Crippen molar-refractivity contribution in [3.05, 3.63) is 76.5 Å². The second kappa shape index (κ2) is 7.05. The number of fused-ring (bicyclic) bond motifs is 3. The maximum atomic E-state index is 6.49. The minimum absolute atomic E-state index is 0.225. The van der Waals surface area contributed by atoms with Crippen molar-refractivity contribution in [3.8, 4) is 0 Å². The minimum atomic E-state index is 0.225. The molecule has 2 nitrogen and oxygen atoms in total. The van der Waals surface area contributed by atoms with Gasteiger partial charge in [-0.15, -0.1) is 0 Å². The van der Waals surface area contributed by atoms with E-state index in [0.717, 1.165) is 0 Å². The highest BCUT2D eigenvalue weighted by Crippen LogP contribution is 2.38. The molecule has 2 bridgehead atoms. The molecule has 0 unspecified atom stereocenters. The molecule has 2 heteroatoms. The van der Waals surface area contributed by atoms with Crippen molar-refractivity contribution in [2.75, 3.05) is 13.1 Å². The maximum Gasteiger partial charge on any atom is 0.100 e. The molecular weight excluding hydrogens is 306 g/mol. The number of rotatable bonds is 4. The predicted molar refractivity (Wildman–Crippen MR) is 103 cm³/mol. The van der Waals surface area contributed by atoms with Crippen molar-refractivity contribution in [1.82, 2.24) is 4.90 Å². The molecule has 0 N–H and O–H groups in total. The molecule has 3 saturated heterocycles. The number of piperidine rings is 3. The van der Waals surface area contributed by atoms with Crippen molar-refractivity contribution in [2.24, 2.45) is 5.92 Å². The third kappa shape index (κ3) is 3.64. The van der Waals surface area contributed by atoms with E-state index >= 15 is 0 Å². The molecule has 130 valence electrons. The van der Waals surface area contributed by atoms with Gasteiger partial charge in [0.25, 0.3) is 0 Å². The first-order valence-corrected chi connectivity index (χ1v) is 9.39. The fourth-order valence-corrected chi connectivity index (χ4v) is 4.34. The van der Waals surface area contributed by atoms with Gasteiger partial charge in [0.2, 0.25) is 0 Å². The maximum absolute atomic E-state index is 6.49. The van der Waals surface area contributed by atoms with E-state index in [1.807, 2.05) is 0 Å². The number of hydrogen-bond acceptors (Lipinski definition) is 2. The lowest BCUT2D eigenvalue weighted by atomic mass is 9.82. The monoisotopic (exact) mass is 333 g/mol. The van der Waals surface area contributed by atoms with Crippen molar-refractivity contribution in [2.45, 2.75) is 39.4 Å². The van der Waals surface area contributed by atoms with Crippen LogP contribution in [0.3, 0.4) is 0 Å². The van der Waals surface area contributed by atoms with E-state index in [1.54, 1.807) is 0 Å². The molecule has 2 aromatic rings. The first-order valence-electron chi connectivity index (χ1n) is 9.39. The zero-order chi connectivity index (χ0) is 17.2. The summed E-state index contributed by atoms with van der Waals surface area (Å²) in [6.45, 7) is 7.36. The lowest BCUT2D eigenvalue weighted by Crippen LogP contribution is -2.49. The third-order valence-electron chi connectivity index (χ3n) is 5.45. The van der Waals surface area contributed by atoms with Crippen molar-refractivity contribution in [1.29, 1.82) is 0 Å². The number of hydrogen-bond donors (Lipinski definition) is 0. The highest BCUT2D eigenvalue weighted by Gasteiger charge is 2.38. The second-order valence-corrected chi connectivity index (χ2v) is 7.53. The van der Waals surface area contributed by atoms with Gasteiger partial charge >= 0.3 is 0 Å². The summed E-state index contributed by atoms with van der Waals surface area (Å²) in [6.07, 6.45) is 5.06. The van der Waals surface area contributed by atoms with Crippen molar-refractivity contribution < 1.29 is 4.74 Å². The molecule has 3 aliphatic heterocycles. The van der Waals surface area contributed by atoms with Gasteiger partial charge < -0.3 is 9.64 Å². The molecule has 3 heterocycles. The summed E-state index contributed by atoms with van der Waals surface area (Å²) in [4.78, 5) is 2.53. The Bertz CT molecular complexity index is 737. The van der Waals surface area contributed by atoms with Crippen LogP contribution in [0.2, 0.25) is 0 Å². The summed E-state index contributed by atoms with van der Waals surface area (Å²) < 4.78 is 6.49. The SMILES string of the molecule is Cc1cc(C)cc(CO[C@@H]2/C(=C\c3ccccc3)N3CCC2CC3)c1. The van der Waals surface area contributed by atoms with Gasteiger partial charge in [-0.05, 0) is 49.8 Å². The first-order chi connectivity index (χ1) is 12.2. The van der Waals surface area contributed by atoms with E-state index in [9.17, 15) is 0 Å². The van der Waals surface area contributed by atoms with Crippen LogP contribution in [-0.4, -0.2) is 24.1 Å². The van der Waals surface area contributed by atoms with Crippen LogP contribution in [0.1, 0.15) is 35.1 Å². The smallest absolute Gasteiger partial charge is 0.100 e. The standard InChI is InChI=1S/C23H27NO/c1-17-12-18(2)14-20(13-17)16-25-23-21-8-10-24(11-9-21)22(23)15-19-6-4-3-5-7-19/h3-7,12-15,21,23H,8-11,16H2,1-2H3/b22-15+/t23-/m0/s1. The number of aryl methyl sites for hydroxylation is 2. The largest absolute Gasteiger partial charge is 0.373 e. The van der Waals surface area contributed by atoms with Gasteiger partial charge in [0.15, 0.2) is 0 Å². The van der Waals surface area contributed by atoms with E-state index in [1.165, 1.54) is 53.9 Å². The molecule has 2 aromatic carbocycles. The molecule has 5 rings (SSSR count). The molecule has 1 atom stereocenters. The molecule has 0 aromatic heterocycles. The first kappa shape index (κ1) is 16.4. The van der Waals surface area contributed by atoms with Crippen LogP contribution in [0.4, 0.5) is 0 Å². The van der Waals surface area contributed by atoms with Gasteiger partial charge in [0, 0.05) is 18.8 Å². The summed E-state index contributed by atoms with van der Waals surface area (Å²) >= 11 is 0. The number of ether oxygens (including phenoxy) is 1. The normalized spacial score (nSPS) is 24.1. The Hall–Kier alpha value is -2.06. The van der Waals surface area contributed by atoms with Gasteiger partial charge in [-0.3, -0.25) is 0 Å². The minimum Gasteiger partial charge on any atom is -0.373 e. The Balaban J connectivity index is 1.56. The highest BCUT2D eigenvalue weighted by atomic mass is 16.5. The Morgan fingerprint density at radius 2 is 1.68 bits per heavy atom. The third-order valence-corrected chi connectivity index (χ3v) is 5.45. The van der Waals surface area contributed by atoms with Gasteiger partial charge in [0.05, 0.1) is 6.61 Å². The fourth-order valence-electron chi connectivity index (χ4n) is 4.34. The summed E-state index contributed by atoms with van der Waals surface area (Å²) in [5.74, 6) is 0.658. The molecule has 3 fully saturated rings. The summed E-state index contributed by atoms with van der Waals surface area (Å²) in [6, 6.07) is 17.4. The molecule has 0 spiro atoms. The zero-order valence-corrected chi connectivity index (χ0v) is 15.2. The number of nitrogens with zero attached hydrogens (tertiary/aromatic N) is 1. The average Bonchev–Trinajstić information content (AvgIpc) is 2.62. The van der Waals surface area contributed by atoms with E-state index in [2.05, 4.69) is 73.4 Å². The summed E-state index contributed by atoms with van der Waals surface area (Å²) in [5.41, 5.74) is 6.55. The van der Waals surface area contributed by atoms with E-state index in [-0.39, 0.29) is 6.10 Å². The Kier molecular flexibility index (Phi) is 4.63. The zero-order valence-electron chi connectivity index (χ0n) is 15.2. The molecule has 0 aliphatic carbocycles. The predicted octanol–water partition coefficient (Wildman–Crippen LogP) is 4.96. The highest BCUT2D eigenvalue weighted by molar-refractivity contribution is 5.54. The quantitative estimate of drug-likeness (QED) is 0.784. The van der Waals surface area contributed by atoms with Crippen LogP contribution in [0.25, 0.3) is 6.08 Å². The topological polar surface area (TPSA) is 12.5 Å². The Morgan fingerprint density at radius 3 is 2.36 bits per heavy atom. The van der Waals surface area contributed by atoms with Gasteiger partial charge in [0.1, 0.15) is 6.10 Å². The van der Waals surface area contributed by atoms with E-state index in [4.69, 9.17) is 4.74 Å². The van der Waals surface area contributed by atoms with Crippen LogP contribution >= 0.6 is 0 Å². The van der Waals surface area contributed by atoms with Crippen LogP contribution in [-0.2, 0) is 11.3 Å². The molecule has 3 aliphatic rings. The Morgan fingerprint density at radius 1 is 1.00 bits per heavy atom. The number of benzene rings is 2. The molecule has 0 amide bonds. The second-order valence-electron chi connectivity index (χ2n) is 7.53. The Labute approximate surface area is 151 Å². The molecular formula is C23H27NO. The molecule has 0 radical (unpaired) electrons. The van der Waals surface area contributed by atoms with Gasteiger partial charge in [-0.25, -0.2) is 0 Å². The van der Waals surface area contributed by atoms with Crippen LogP contribution < -0.4 is 0 Å². The molecule has 25 heavy (non-hydrogen) atoms. The van der Waals surface area contributed by atoms with Crippen molar-refractivity contribution in [3.63, 3.8) is 0 Å². The average molecular weight is 333 g/mol. The van der Waals surface area contributed by atoms with Crippen LogP contribution in [0.5, 0.6) is 0 Å². The van der Waals surface area contributed by atoms with Crippen LogP contribution in [0, 0.1) is 19.8 Å². The van der Waals surface area contributed by atoms with E-state index in [0.29, 0.717) is 12.5 Å². The fraction of sp³-hybridized carbons (Fsp3) is 0.391. The van der Waals surface area contributed by atoms with Gasteiger partial charge in [-0.2, -0.15) is 0 Å². The lowest BCUT2D eigenvalue weighted by molar-refractivity contribution is -0.0420. The van der Waals surface area contributed by atoms with Crippen molar-refractivity contribution >= 4 is 6.08 Å². The van der Waals surface area contributed by atoms with E-state index < -0.39 is 0 Å². The van der Waals surface area contributed by atoms with Gasteiger partial charge in [-0.1, -0.05) is 59.7 Å². The lowest BCUT2D eigenvalue weighted by Gasteiger charge is -2.47. The summed E-state index contributed by atoms with van der Waals surface area (Å²) in [7, 11) is 0. The van der Waals surface area contributed by atoms with Crippen LogP contribution in [0.15, 0.2) is 54.2 Å².